The Morgan fingerprint density at radius 1 is 1.00 bits per heavy atom. The molecule has 2 aromatic carbocycles. The van der Waals surface area contributed by atoms with Crippen LogP contribution in [0.3, 0.4) is 0 Å². The topological polar surface area (TPSA) is 103 Å². The zero-order chi connectivity index (χ0) is 25.7. The highest BCUT2D eigenvalue weighted by atomic mass is 32.2. The van der Waals surface area contributed by atoms with Crippen LogP contribution in [0.2, 0.25) is 0 Å². The van der Waals surface area contributed by atoms with Crippen LogP contribution in [0, 0.1) is 5.92 Å². The van der Waals surface area contributed by atoms with Gasteiger partial charge in [-0.05, 0) is 68.7 Å². The lowest BCUT2D eigenvalue weighted by Gasteiger charge is -2.31. The van der Waals surface area contributed by atoms with Gasteiger partial charge in [0.1, 0.15) is 16.4 Å². The van der Waals surface area contributed by atoms with E-state index in [2.05, 4.69) is 0 Å². The van der Waals surface area contributed by atoms with Gasteiger partial charge >= 0.3 is 16.1 Å². The minimum Gasteiger partial charge on any atom is -0.467 e. The Morgan fingerprint density at radius 2 is 1.72 bits per heavy atom. The molecule has 0 spiro atoms. The van der Waals surface area contributed by atoms with Gasteiger partial charge in [-0.3, -0.25) is 4.79 Å². The van der Waals surface area contributed by atoms with Crippen molar-refractivity contribution in [3.63, 3.8) is 0 Å². The lowest BCUT2D eigenvalue weighted by molar-refractivity contribution is -0.139. The number of esters is 1. The van der Waals surface area contributed by atoms with Gasteiger partial charge < -0.3 is 18.2 Å². The molecule has 0 bridgehead atoms. The first kappa shape index (κ1) is 25.5. The Bertz CT molecular complexity index is 1290. The van der Waals surface area contributed by atoms with Gasteiger partial charge in [0, 0.05) is 12.5 Å². The van der Waals surface area contributed by atoms with Crippen molar-refractivity contribution in [2.75, 3.05) is 0 Å². The van der Waals surface area contributed by atoms with E-state index in [1.165, 1.54) is 30.3 Å². The molecule has 8 nitrogen and oxygen atoms in total. The van der Waals surface area contributed by atoms with Gasteiger partial charge in [-0.1, -0.05) is 30.7 Å². The van der Waals surface area contributed by atoms with Crippen molar-refractivity contribution >= 4 is 22.0 Å². The summed E-state index contributed by atoms with van der Waals surface area (Å²) in [6, 6.07) is 15.9. The van der Waals surface area contributed by atoms with E-state index in [9.17, 15) is 18.0 Å². The number of ether oxygens (including phenoxy) is 1. The summed E-state index contributed by atoms with van der Waals surface area (Å²) in [5.74, 6) is 0.175. The van der Waals surface area contributed by atoms with Gasteiger partial charge in [0.2, 0.25) is 5.91 Å². The molecular weight excluding hydrogens is 482 g/mol. The van der Waals surface area contributed by atoms with Crippen molar-refractivity contribution in [3.8, 4) is 5.75 Å². The van der Waals surface area contributed by atoms with Gasteiger partial charge in [-0.2, -0.15) is 8.42 Å². The Morgan fingerprint density at radius 3 is 2.33 bits per heavy atom. The molecule has 0 atom stereocenters. The second-order valence-corrected chi connectivity index (χ2v) is 10.5. The normalized spacial score (nSPS) is 13.8. The molecule has 4 rings (SSSR count). The average molecular weight is 512 g/mol. The minimum atomic E-state index is -4.29. The first-order valence-corrected chi connectivity index (χ1v) is 13.3. The van der Waals surface area contributed by atoms with Gasteiger partial charge in [0.15, 0.2) is 0 Å². The van der Waals surface area contributed by atoms with E-state index >= 15 is 0 Å². The lowest BCUT2D eigenvalue weighted by atomic mass is 9.84. The molecular formula is C27H29NO7S. The van der Waals surface area contributed by atoms with Crippen molar-refractivity contribution in [2.24, 2.45) is 5.92 Å². The average Bonchev–Trinajstić information content (AvgIpc) is 3.31. The molecule has 1 amide bonds. The molecule has 0 N–H and O–H groups in total. The number of hydrogen-bond acceptors (Lipinski definition) is 7. The third-order valence-electron chi connectivity index (χ3n) is 5.91. The van der Waals surface area contributed by atoms with Crippen molar-refractivity contribution in [1.29, 1.82) is 0 Å². The van der Waals surface area contributed by atoms with E-state index in [0.29, 0.717) is 18.8 Å². The van der Waals surface area contributed by atoms with Crippen LogP contribution in [0.5, 0.6) is 5.75 Å². The molecule has 9 heteroatoms. The molecule has 36 heavy (non-hydrogen) atoms. The standard InChI is InChI=1S/C27H29NO7S/c1-19(2)34-27(30)24-10-3-4-11-25(24)36(31,32)35-22-14-12-20(13-15-22)17-28(18-23-9-6-16-33-23)26(29)21-7-5-8-21/h3-4,6,9-16,19,21H,5,7-8,17-18H2,1-2H3. The highest BCUT2D eigenvalue weighted by Crippen LogP contribution is 2.30. The summed E-state index contributed by atoms with van der Waals surface area (Å²) in [7, 11) is -4.29. The molecule has 1 aliphatic rings. The summed E-state index contributed by atoms with van der Waals surface area (Å²) in [5, 5.41) is 0. The van der Waals surface area contributed by atoms with E-state index in [1.807, 2.05) is 6.07 Å². The predicted octanol–water partition coefficient (Wildman–Crippen LogP) is 4.94. The molecule has 0 aliphatic heterocycles. The zero-order valence-corrected chi connectivity index (χ0v) is 21.1. The Labute approximate surface area is 210 Å². The highest BCUT2D eigenvalue weighted by molar-refractivity contribution is 7.87. The Hall–Kier alpha value is -3.59. The molecule has 1 aromatic heterocycles. The maximum absolute atomic E-state index is 13.0. The molecule has 1 saturated carbocycles. The summed E-state index contributed by atoms with van der Waals surface area (Å²) in [6.45, 7) is 4.08. The molecule has 0 radical (unpaired) electrons. The Balaban J connectivity index is 1.48. The molecule has 1 fully saturated rings. The van der Waals surface area contributed by atoms with Crippen molar-refractivity contribution in [3.05, 3.63) is 83.8 Å². The fourth-order valence-corrected chi connectivity index (χ4v) is 5.01. The second-order valence-electron chi connectivity index (χ2n) is 9.03. The molecule has 0 saturated heterocycles. The van der Waals surface area contributed by atoms with E-state index in [4.69, 9.17) is 13.3 Å². The third-order valence-corrected chi connectivity index (χ3v) is 7.22. The van der Waals surface area contributed by atoms with Crippen LogP contribution in [-0.4, -0.2) is 31.3 Å². The third kappa shape index (κ3) is 6.15. The summed E-state index contributed by atoms with van der Waals surface area (Å²) >= 11 is 0. The fraction of sp³-hybridized carbons (Fsp3) is 0.333. The summed E-state index contributed by atoms with van der Waals surface area (Å²) in [4.78, 5) is 26.8. The van der Waals surface area contributed by atoms with Crippen LogP contribution < -0.4 is 4.18 Å². The van der Waals surface area contributed by atoms with E-state index in [-0.39, 0.29) is 28.0 Å². The fourth-order valence-electron chi connectivity index (χ4n) is 3.89. The van der Waals surface area contributed by atoms with Gasteiger partial charge in [0.05, 0.1) is 24.5 Å². The lowest BCUT2D eigenvalue weighted by Crippen LogP contribution is -2.38. The second kappa shape index (κ2) is 11.0. The first-order valence-electron chi connectivity index (χ1n) is 11.9. The smallest absolute Gasteiger partial charge is 0.340 e. The summed E-state index contributed by atoms with van der Waals surface area (Å²) in [5.41, 5.74) is 0.728. The van der Waals surface area contributed by atoms with Gasteiger partial charge in [0.25, 0.3) is 0 Å². The number of hydrogen-bond donors (Lipinski definition) is 0. The number of rotatable bonds is 10. The maximum atomic E-state index is 13.0. The molecule has 1 heterocycles. The van der Waals surface area contributed by atoms with Crippen LogP contribution in [0.4, 0.5) is 0 Å². The van der Waals surface area contributed by atoms with Crippen LogP contribution in [0.1, 0.15) is 54.8 Å². The van der Waals surface area contributed by atoms with E-state index in [1.54, 1.807) is 49.3 Å². The monoisotopic (exact) mass is 511 g/mol. The van der Waals surface area contributed by atoms with Gasteiger partial charge in [-0.15, -0.1) is 0 Å². The SMILES string of the molecule is CC(C)OC(=O)c1ccccc1S(=O)(=O)Oc1ccc(CN(Cc2ccco2)C(=O)C2CCC2)cc1. The predicted molar refractivity (Wildman–Crippen MR) is 132 cm³/mol. The summed E-state index contributed by atoms with van der Waals surface area (Å²) in [6.07, 6.45) is 4.03. The van der Waals surface area contributed by atoms with Gasteiger partial charge in [-0.25, -0.2) is 4.79 Å². The molecule has 3 aromatic rings. The summed E-state index contributed by atoms with van der Waals surface area (Å²) < 4.78 is 41.8. The zero-order valence-electron chi connectivity index (χ0n) is 20.3. The van der Waals surface area contributed by atoms with Crippen LogP contribution in [0.15, 0.2) is 76.2 Å². The van der Waals surface area contributed by atoms with Crippen molar-refractivity contribution in [2.45, 2.75) is 57.2 Å². The molecule has 1 aliphatic carbocycles. The quantitative estimate of drug-likeness (QED) is 0.280. The van der Waals surface area contributed by atoms with Crippen LogP contribution in [-0.2, 0) is 32.7 Å². The van der Waals surface area contributed by atoms with Crippen molar-refractivity contribution < 1.29 is 31.3 Å². The number of nitrogens with zero attached hydrogens (tertiary/aromatic N) is 1. The molecule has 0 unspecified atom stereocenters. The minimum absolute atomic E-state index is 0.0372. The maximum Gasteiger partial charge on any atom is 0.340 e. The number of amides is 1. The highest BCUT2D eigenvalue weighted by Gasteiger charge is 2.30. The number of furan rings is 1. The Kier molecular flexibility index (Phi) is 7.79. The number of carbonyl (C=O) groups is 2. The first-order chi connectivity index (χ1) is 17.2. The molecule has 190 valence electrons. The van der Waals surface area contributed by atoms with Crippen LogP contribution >= 0.6 is 0 Å². The largest absolute Gasteiger partial charge is 0.467 e. The van der Waals surface area contributed by atoms with E-state index in [0.717, 1.165) is 24.8 Å². The van der Waals surface area contributed by atoms with E-state index < -0.39 is 22.2 Å². The number of benzene rings is 2. The number of carbonyl (C=O) groups excluding carboxylic acids is 2. The van der Waals surface area contributed by atoms with Crippen molar-refractivity contribution in [1.82, 2.24) is 4.90 Å². The van der Waals surface area contributed by atoms with Crippen LogP contribution in [0.25, 0.3) is 0 Å².